The number of nitrogens with two attached hydrogens (primary N) is 1. The van der Waals surface area contributed by atoms with E-state index in [1.165, 1.54) is 5.56 Å². The van der Waals surface area contributed by atoms with E-state index >= 15 is 0 Å². The van der Waals surface area contributed by atoms with Crippen LogP contribution in [0.5, 0.6) is 11.5 Å². The molecule has 0 amide bonds. The van der Waals surface area contributed by atoms with E-state index in [9.17, 15) is 0 Å². The molecular formula is C18H21NO2. The Morgan fingerprint density at radius 3 is 2.76 bits per heavy atom. The number of benzene rings is 2. The van der Waals surface area contributed by atoms with E-state index < -0.39 is 0 Å². The third-order valence-corrected chi connectivity index (χ3v) is 3.90. The van der Waals surface area contributed by atoms with Gasteiger partial charge in [-0.15, -0.1) is 0 Å². The second-order valence-electron chi connectivity index (χ2n) is 5.42. The van der Waals surface area contributed by atoms with Gasteiger partial charge in [0.2, 0.25) is 0 Å². The topological polar surface area (TPSA) is 44.5 Å². The highest BCUT2D eigenvalue weighted by Gasteiger charge is 2.23. The zero-order valence-corrected chi connectivity index (χ0v) is 12.3. The minimum absolute atomic E-state index is 0.0166. The Balaban J connectivity index is 1.65. The van der Waals surface area contributed by atoms with Gasteiger partial charge in [-0.25, -0.2) is 0 Å². The molecule has 2 aromatic rings. The fourth-order valence-electron chi connectivity index (χ4n) is 2.67. The molecule has 0 aromatic heterocycles. The van der Waals surface area contributed by atoms with Crippen molar-refractivity contribution in [3.8, 4) is 11.5 Å². The molecule has 2 unspecified atom stereocenters. The van der Waals surface area contributed by atoms with Crippen LogP contribution in [0.3, 0.4) is 0 Å². The van der Waals surface area contributed by atoms with E-state index in [0.717, 1.165) is 29.9 Å². The minimum Gasteiger partial charge on any atom is -0.489 e. The van der Waals surface area contributed by atoms with Crippen LogP contribution in [0.2, 0.25) is 0 Å². The van der Waals surface area contributed by atoms with E-state index in [1.54, 1.807) is 0 Å². The van der Waals surface area contributed by atoms with E-state index in [1.807, 2.05) is 42.5 Å². The third-order valence-electron chi connectivity index (χ3n) is 3.90. The fraction of sp³-hybridized carbons (Fsp3) is 0.333. The van der Waals surface area contributed by atoms with Gasteiger partial charge in [-0.1, -0.05) is 43.3 Å². The van der Waals surface area contributed by atoms with Crippen LogP contribution in [0.25, 0.3) is 0 Å². The molecule has 1 heterocycles. The standard InChI is InChI=1S/C18H21NO2/c1-2-16(19)15-8-4-6-10-18(15)20-12-14-11-13-7-3-5-9-17(13)21-14/h3-10,14,16H,2,11-12,19H2,1H3. The highest BCUT2D eigenvalue weighted by molar-refractivity contribution is 5.38. The largest absolute Gasteiger partial charge is 0.489 e. The molecule has 3 nitrogen and oxygen atoms in total. The molecule has 110 valence electrons. The predicted octanol–water partition coefficient (Wildman–Crippen LogP) is 3.48. The van der Waals surface area contributed by atoms with Crippen molar-refractivity contribution < 1.29 is 9.47 Å². The van der Waals surface area contributed by atoms with Crippen LogP contribution in [0, 0.1) is 0 Å². The Morgan fingerprint density at radius 1 is 1.19 bits per heavy atom. The smallest absolute Gasteiger partial charge is 0.137 e. The summed E-state index contributed by atoms with van der Waals surface area (Å²) in [6.07, 6.45) is 1.87. The zero-order valence-electron chi connectivity index (χ0n) is 12.3. The van der Waals surface area contributed by atoms with Crippen LogP contribution in [-0.4, -0.2) is 12.7 Å². The first-order chi connectivity index (χ1) is 10.3. The summed E-state index contributed by atoms with van der Waals surface area (Å²) < 4.78 is 11.9. The first-order valence-electron chi connectivity index (χ1n) is 7.49. The Hall–Kier alpha value is -2.00. The molecule has 1 aliphatic rings. The Labute approximate surface area is 125 Å². The van der Waals surface area contributed by atoms with Crippen molar-refractivity contribution in [1.29, 1.82) is 0 Å². The lowest BCUT2D eigenvalue weighted by Crippen LogP contribution is -2.23. The van der Waals surface area contributed by atoms with Crippen molar-refractivity contribution in [1.82, 2.24) is 0 Å². The molecule has 0 radical (unpaired) electrons. The van der Waals surface area contributed by atoms with Gasteiger partial charge in [0.05, 0.1) is 0 Å². The normalized spacial score (nSPS) is 17.9. The molecule has 2 N–H and O–H groups in total. The van der Waals surface area contributed by atoms with Crippen LogP contribution in [0.15, 0.2) is 48.5 Å². The minimum atomic E-state index is 0.0166. The molecular weight excluding hydrogens is 262 g/mol. The molecule has 21 heavy (non-hydrogen) atoms. The quantitative estimate of drug-likeness (QED) is 0.913. The molecule has 3 rings (SSSR count). The average Bonchev–Trinajstić information content (AvgIpc) is 2.95. The van der Waals surface area contributed by atoms with E-state index in [2.05, 4.69) is 13.0 Å². The molecule has 0 fully saturated rings. The molecule has 0 saturated carbocycles. The molecule has 2 atom stereocenters. The molecule has 0 spiro atoms. The lowest BCUT2D eigenvalue weighted by atomic mass is 10.0. The van der Waals surface area contributed by atoms with Crippen molar-refractivity contribution >= 4 is 0 Å². The first kappa shape index (κ1) is 14.0. The molecule has 0 saturated heterocycles. The maximum atomic E-state index is 6.14. The van der Waals surface area contributed by atoms with Crippen LogP contribution < -0.4 is 15.2 Å². The van der Waals surface area contributed by atoms with Gasteiger partial charge in [0, 0.05) is 18.0 Å². The van der Waals surface area contributed by atoms with E-state index in [-0.39, 0.29) is 12.1 Å². The van der Waals surface area contributed by atoms with Crippen LogP contribution in [0.4, 0.5) is 0 Å². The maximum absolute atomic E-state index is 6.14. The van der Waals surface area contributed by atoms with Gasteiger partial charge in [0.1, 0.15) is 24.2 Å². The first-order valence-corrected chi connectivity index (χ1v) is 7.49. The number of para-hydroxylation sites is 2. The van der Waals surface area contributed by atoms with Gasteiger partial charge < -0.3 is 15.2 Å². The van der Waals surface area contributed by atoms with Gasteiger partial charge in [0.15, 0.2) is 0 Å². The summed E-state index contributed by atoms with van der Waals surface area (Å²) in [7, 11) is 0. The van der Waals surface area contributed by atoms with Crippen molar-refractivity contribution in [3.05, 3.63) is 59.7 Å². The van der Waals surface area contributed by atoms with Crippen LogP contribution in [-0.2, 0) is 6.42 Å². The van der Waals surface area contributed by atoms with Crippen molar-refractivity contribution in [3.63, 3.8) is 0 Å². The summed E-state index contributed by atoms with van der Waals surface area (Å²) in [6.45, 7) is 2.63. The van der Waals surface area contributed by atoms with Crippen LogP contribution in [0.1, 0.15) is 30.5 Å². The van der Waals surface area contributed by atoms with Gasteiger partial charge in [-0.2, -0.15) is 0 Å². The summed E-state index contributed by atoms with van der Waals surface area (Å²) in [5.74, 6) is 1.84. The summed E-state index contributed by atoms with van der Waals surface area (Å²) in [4.78, 5) is 0. The molecule has 0 bridgehead atoms. The summed E-state index contributed by atoms with van der Waals surface area (Å²) in [5.41, 5.74) is 8.46. The number of rotatable bonds is 5. The summed E-state index contributed by atoms with van der Waals surface area (Å²) in [6, 6.07) is 16.2. The molecule has 0 aliphatic carbocycles. The van der Waals surface area contributed by atoms with Gasteiger partial charge in [-0.05, 0) is 24.1 Å². The number of ether oxygens (including phenoxy) is 2. The SMILES string of the molecule is CCC(N)c1ccccc1OCC1Cc2ccccc2O1. The maximum Gasteiger partial charge on any atom is 0.137 e. The molecule has 3 heteroatoms. The highest BCUT2D eigenvalue weighted by atomic mass is 16.5. The highest BCUT2D eigenvalue weighted by Crippen LogP contribution is 2.30. The number of fused-ring (bicyclic) bond motifs is 1. The zero-order chi connectivity index (χ0) is 14.7. The molecule has 2 aromatic carbocycles. The van der Waals surface area contributed by atoms with Gasteiger partial charge >= 0.3 is 0 Å². The Kier molecular flexibility index (Phi) is 4.11. The van der Waals surface area contributed by atoms with Gasteiger partial charge in [-0.3, -0.25) is 0 Å². The predicted molar refractivity (Wildman–Crippen MR) is 83.7 cm³/mol. The second kappa shape index (κ2) is 6.19. The third kappa shape index (κ3) is 3.03. The lowest BCUT2D eigenvalue weighted by Gasteiger charge is -2.17. The van der Waals surface area contributed by atoms with Crippen LogP contribution >= 0.6 is 0 Å². The van der Waals surface area contributed by atoms with Crippen molar-refractivity contribution in [2.75, 3.05) is 6.61 Å². The average molecular weight is 283 g/mol. The van der Waals surface area contributed by atoms with Crippen molar-refractivity contribution in [2.45, 2.75) is 31.9 Å². The molecule has 1 aliphatic heterocycles. The monoisotopic (exact) mass is 283 g/mol. The van der Waals surface area contributed by atoms with Gasteiger partial charge in [0.25, 0.3) is 0 Å². The number of hydrogen-bond acceptors (Lipinski definition) is 3. The Morgan fingerprint density at radius 2 is 1.95 bits per heavy atom. The van der Waals surface area contributed by atoms with E-state index in [4.69, 9.17) is 15.2 Å². The van der Waals surface area contributed by atoms with E-state index in [0.29, 0.717) is 6.61 Å². The fourth-order valence-corrected chi connectivity index (χ4v) is 2.67. The number of hydrogen-bond donors (Lipinski definition) is 1. The Bertz CT molecular complexity index is 587. The van der Waals surface area contributed by atoms with Crippen molar-refractivity contribution in [2.24, 2.45) is 5.73 Å². The summed E-state index contributed by atoms with van der Waals surface area (Å²) >= 11 is 0. The lowest BCUT2D eigenvalue weighted by molar-refractivity contribution is 0.147. The summed E-state index contributed by atoms with van der Waals surface area (Å²) in [5, 5.41) is 0. The second-order valence-corrected chi connectivity index (χ2v) is 5.42.